The lowest BCUT2D eigenvalue weighted by molar-refractivity contribution is -0.126. The van der Waals surface area contributed by atoms with Crippen molar-refractivity contribution in [2.75, 3.05) is 12.4 Å². The van der Waals surface area contributed by atoms with Crippen LogP contribution in [0.5, 0.6) is 11.5 Å². The van der Waals surface area contributed by atoms with E-state index in [1.54, 1.807) is 36.4 Å². The van der Waals surface area contributed by atoms with Crippen molar-refractivity contribution in [3.8, 4) is 11.5 Å². The van der Waals surface area contributed by atoms with E-state index in [0.717, 1.165) is 5.56 Å². The zero-order valence-corrected chi connectivity index (χ0v) is 20.0. The summed E-state index contributed by atoms with van der Waals surface area (Å²) in [6, 6.07) is 20.0. The first-order chi connectivity index (χ1) is 16.0. The molecule has 0 bridgehead atoms. The highest BCUT2D eigenvalue weighted by Crippen LogP contribution is 2.36. The van der Waals surface area contributed by atoms with Crippen LogP contribution in [0.25, 0.3) is 0 Å². The molecule has 0 saturated heterocycles. The third-order valence-electron chi connectivity index (χ3n) is 4.35. The number of para-hydroxylation sites is 1. The Balaban J connectivity index is 1.56. The molecule has 0 aromatic heterocycles. The van der Waals surface area contributed by atoms with Crippen LogP contribution in [-0.2, 0) is 16.2 Å². The molecule has 2 N–H and O–H groups in total. The second kappa shape index (κ2) is 12.0. The Labute approximate surface area is 204 Å². The van der Waals surface area contributed by atoms with Crippen LogP contribution in [0.15, 0.2) is 76.3 Å². The number of anilines is 1. The van der Waals surface area contributed by atoms with Crippen LogP contribution in [0.4, 0.5) is 5.69 Å². The minimum Gasteiger partial charge on any atom is -0.493 e. The lowest BCUT2D eigenvalue weighted by Crippen LogP contribution is -2.24. The zero-order valence-electron chi connectivity index (χ0n) is 17.7. The minimum atomic E-state index is -0.565. The number of benzene rings is 3. The first kappa shape index (κ1) is 24.3. The second-order valence-electron chi connectivity index (χ2n) is 6.81. The molecule has 0 aliphatic rings. The maximum Gasteiger partial charge on any atom is 0.249 e. The molecule has 0 spiro atoms. The number of nitrogens with zero attached hydrogens (tertiary/aromatic N) is 1. The molecule has 3 rings (SSSR count). The van der Waals surface area contributed by atoms with Gasteiger partial charge in [-0.2, -0.15) is 5.10 Å². The van der Waals surface area contributed by atoms with Gasteiger partial charge in [0.25, 0.3) is 0 Å². The van der Waals surface area contributed by atoms with Gasteiger partial charge in [-0.25, -0.2) is 5.43 Å². The minimum absolute atomic E-state index is 0.384. The van der Waals surface area contributed by atoms with Crippen LogP contribution in [0, 0.1) is 0 Å². The topological polar surface area (TPSA) is 89.0 Å². The fourth-order valence-corrected chi connectivity index (χ4v) is 3.56. The van der Waals surface area contributed by atoms with Gasteiger partial charge in [0, 0.05) is 0 Å². The Bertz CT molecular complexity index is 1160. The average molecular weight is 531 g/mol. The number of ether oxygens (including phenoxy) is 2. The van der Waals surface area contributed by atoms with Crippen molar-refractivity contribution in [2.45, 2.75) is 13.0 Å². The summed E-state index contributed by atoms with van der Waals surface area (Å²) in [5.41, 5.74) is 4.45. The SMILES string of the molecule is COc1cc(C=NNC(=O)CC(=O)Nc2ccccc2Cl)cc(Br)c1OCc1ccccc1. The quantitative estimate of drug-likeness (QED) is 0.227. The van der Waals surface area contributed by atoms with Gasteiger partial charge in [0.15, 0.2) is 11.5 Å². The molecule has 0 saturated carbocycles. The van der Waals surface area contributed by atoms with Gasteiger partial charge in [-0.3, -0.25) is 9.59 Å². The molecule has 0 heterocycles. The summed E-state index contributed by atoms with van der Waals surface area (Å²) in [7, 11) is 1.54. The Morgan fingerprint density at radius 1 is 1.06 bits per heavy atom. The Morgan fingerprint density at radius 2 is 1.79 bits per heavy atom. The predicted octanol–water partition coefficient (Wildman–Crippen LogP) is 5.17. The summed E-state index contributed by atoms with van der Waals surface area (Å²) < 4.78 is 12.0. The fourth-order valence-electron chi connectivity index (χ4n) is 2.81. The van der Waals surface area contributed by atoms with Crippen molar-refractivity contribution in [1.82, 2.24) is 5.43 Å². The largest absolute Gasteiger partial charge is 0.493 e. The molecule has 33 heavy (non-hydrogen) atoms. The normalized spacial score (nSPS) is 10.6. The highest BCUT2D eigenvalue weighted by atomic mass is 79.9. The molecule has 7 nitrogen and oxygen atoms in total. The first-order valence-corrected chi connectivity index (χ1v) is 11.0. The summed E-state index contributed by atoms with van der Waals surface area (Å²) >= 11 is 9.48. The summed E-state index contributed by atoms with van der Waals surface area (Å²) in [6.45, 7) is 0.384. The van der Waals surface area contributed by atoms with Crippen LogP contribution in [-0.4, -0.2) is 25.1 Å². The highest BCUT2D eigenvalue weighted by Gasteiger charge is 2.13. The van der Waals surface area contributed by atoms with E-state index in [1.807, 2.05) is 30.3 Å². The fraction of sp³-hybridized carbons (Fsp3) is 0.125. The van der Waals surface area contributed by atoms with E-state index in [4.69, 9.17) is 21.1 Å². The number of hydrogen-bond acceptors (Lipinski definition) is 5. The Morgan fingerprint density at radius 3 is 2.52 bits per heavy atom. The number of carbonyl (C=O) groups excluding carboxylic acids is 2. The Hall–Kier alpha value is -3.36. The Kier molecular flexibility index (Phi) is 8.86. The van der Waals surface area contributed by atoms with Gasteiger partial charge >= 0.3 is 0 Å². The lowest BCUT2D eigenvalue weighted by Gasteiger charge is -2.13. The number of hydrogen-bond donors (Lipinski definition) is 2. The van der Waals surface area contributed by atoms with E-state index in [9.17, 15) is 9.59 Å². The maximum atomic E-state index is 12.0. The first-order valence-electron chi connectivity index (χ1n) is 9.87. The summed E-state index contributed by atoms with van der Waals surface area (Å²) in [5.74, 6) is -0.00392. The van der Waals surface area contributed by atoms with Crippen LogP contribution in [0.1, 0.15) is 17.5 Å². The zero-order chi connectivity index (χ0) is 23.6. The van der Waals surface area contributed by atoms with Gasteiger partial charge in [0.1, 0.15) is 13.0 Å². The van der Waals surface area contributed by atoms with Crippen molar-refractivity contribution in [3.63, 3.8) is 0 Å². The molecular weight excluding hydrogens is 510 g/mol. The number of nitrogens with one attached hydrogen (secondary N) is 2. The molecule has 3 aromatic rings. The third-order valence-corrected chi connectivity index (χ3v) is 5.27. The molecule has 0 radical (unpaired) electrons. The summed E-state index contributed by atoms with van der Waals surface area (Å²) in [6.07, 6.45) is 1.04. The van der Waals surface area contributed by atoms with Crippen molar-refractivity contribution in [2.24, 2.45) is 5.10 Å². The van der Waals surface area contributed by atoms with Crippen LogP contribution in [0.3, 0.4) is 0 Å². The molecule has 0 unspecified atom stereocenters. The van der Waals surface area contributed by atoms with Crippen molar-refractivity contribution in [3.05, 3.63) is 87.4 Å². The van der Waals surface area contributed by atoms with Gasteiger partial charge < -0.3 is 14.8 Å². The van der Waals surface area contributed by atoms with Crippen molar-refractivity contribution < 1.29 is 19.1 Å². The van der Waals surface area contributed by atoms with E-state index in [1.165, 1.54) is 13.3 Å². The maximum absolute atomic E-state index is 12.0. The number of methoxy groups -OCH3 is 1. The lowest BCUT2D eigenvalue weighted by atomic mass is 10.2. The molecule has 170 valence electrons. The number of amides is 2. The highest BCUT2D eigenvalue weighted by molar-refractivity contribution is 9.10. The van der Waals surface area contributed by atoms with Crippen LogP contribution < -0.4 is 20.2 Å². The molecule has 2 amide bonds. The van der Waals surface area contributed by atoms with E-state index in [-0.39, 0.29) is 0 Å². The van der Waals surface area contributed by atoms with Crippen LogP contribution in [0.2, 0.25) is 5.02 Å². The molecule has 0 aliphatic heterocycles. The van der Waals surface area contributed by atoms with E-state index < -0.39 is 18.2 Å². The molecular formula is C24H21BrClN3O4. The van der Waals surface area contributed by atoms with Gasteiger partial charge in [-0.1, -0.05) is 54.1 Å². The van der Waals surface area contributed by atoms with E-state index in [2.05, 4.69) is 31.8 Å². The molecule has 0 atom stereocenters. The standard InChI is InChI=1S/C24H21BrClN3O4/c1-32-21-12-17(11-18(25)24(21)33-15-16-7-3-2-4-8-16)14-27-29-23(31)13-22(30)28-20-10-6-5-9-19(20)26/h2-12,14H,13,15H2,1H3,(H,28,30)(H,29,31). The average Bonchev–Trinajstić information content (AvgIpc) is 2.80. The molecule has 3 aromatic carbocycles. The smallest absolute Gasteiger partial charge is 0.249 e. The number of carbonyl (C=O) groups is 2. The predicted molar refractivity (Wildman–Crippen MR) is 132 cm³/mol. The number of hydrazone groups is 1. The second-order valence-corrected chi connectivity index (χ2v) is 8.07. The third kappa shape index (κ3) is 7.34. The van der Waals surface area contributed by atoms with E-state index >= 15 is 0 Å². The monoisotopic (exact) mass is 529 g/mol. The number of halogens is 2. The number of rotatable bonds is 9. The van der Waals surface area contributed by atoms with Gasteiger partial charge in [-0.15, -0.1) is 0 Å². The molecule has 0 aliphatic carbocycles. The van der Waals surface area contributed by atoms with Gasteiger partial charge in [-0.05, 0) is 51.3 Å². The van der Waals surface area contributed by atoms with Crippen molar-refractivity contribution in [1.29, 1.82) is 0 Å². The summed E-state index contributed by atoms with van der Waals surface area (Å²) in [4.78, 5) is 24.0. The van der Waals surface area contributed by atoms with Crippen molar-refractivity contribution >= 4 is 51.2 Å². The van der Waals surface area contributed by atoms with Crippen LogP contribution >= 0.6 is 27.5 Å². The summed E-state index contributed by atoms with van der Waals surface area (Å²) in [5, 5.41) is 6.88. The van der Waals surface area contributed by atoms with E-state index in [0.29, 0.717) is 38.9 Å². The molecule has 9 heteroatoms. The van der Waals surface area contributed by atoms with Gasteiger partial charge in [0.05, 0.1) is 28.5 Å². The molecule has 0 fully saturated rings. The van der Waals surface area contributed by atoms with Gasteiger partial charge in [0.2, 0.25) is 11.8 Å².